The van der Waals surface area contributed by atoms with Gasteiger partial charge in [0.15, 0.2) is 0 Å². The predicted molar refractivity (Wildman–Crippen MR) is 16.3 cm³/mol. The van der Waals surface area contributed by atoms with Crippen molar-refractivity contribution >= 4 is 46.3 Å². The van der Waals surface area contributed by atoms with Crippen molar-refractivity contribution in [2.75, 3.05) is 0 Å². The molecule has 0 aromatic rings. The van der Waals surface area contributed by atoms with E-state index in [-0.39, 0.29) is 43.2 Å². The molecule has 6 heavy (non-hydrogen) atoms. The predicted octanol–water partition coefficient (Wildman–Crippen LogP) is -3.91. The van der Waals surface area contributed by atoms with E-state index in [4.69, 9.17) is 14.7 Å². The Morgan fingerprint density at radius 1 is 1.00 bits per heavy atom. The van der Waals surface area contributed by atoms with E-state index in [0.717, 1.165) is 0 Å². The average Bonchev–Trinajstić information content (AvgIpc) is 0.811. The van der Waals surface area contributed by atoms with E-state index >= 15 is 0 Å². The van der Waals surface area contributed by atoms with Crippen LogP contribution in [0.5, 0.6) is 0 Å². The van der Waals surface area contributed by atoms with Crippen LogP contribution in [0.3, 0.4) is 0 Å². The maximum atomic E-state index is 8.48. The van der Waals surface area contributed by atoms with Gasteiger partial charge in [-0.1, -0.05) is 0 Å². The molecule has 0 heterocycles. The van der Waals surface area contributed by atoms with Crippen LogP contribution in [0.1, 0.15) is 0 Å². The smallest absolute Gasteiger partial charge is 0.854 e. The van der Waals surface area contributed by atoms with Crippen molar-refractivity contribution in [2.24, 2.45) is 0 Å². The molecule has 2 N–H and O–H groups in total. The van der Waals surface area contributed by atoms with Crippen molar-refractivity contribution in [3.8, 4) is 0 Å². The number of rotatable bonds is 0. The third-order valence-corrected chi connectivity index (χ3v) is 0. The maximum Gasteiger partial charge on any atom is 2.00 e. The average molecular weight is 137 g/mol. The van der Waals surface area contributed by atoms with Gasteiger partial charge in [0.2, 0.25) is 0 Å². The molecule has 0 rings (SSSR count). The van der Waals surface area contributed by atoms with E-state index in [1.165, 1.54) is 0 Å². The van der Waals surface area contributed by atoms with Crippen LogP contribution in [0, 0.1) is 0 Å². The van der Waals surface area contributed by atoms with Crippen LogP contribution in [0.25, 0.3) is 0 Å². The van der Waals surface area contributed by atoms with Crippen LogP contribution in [-0.4, -0.2) is 43.2 Å². The zero-order chi connectivity index (χ0) is 3.58. The van der Waals surface area contributed by atoms with Crippen LogP contribution in [-0.2, 0) is 0 Å². The van der Waals surface area contributed by atoms with E-state index in [0.29, 0.717) is 0 Å². The molecule has 0 bridgehead atoms. The molecule has 0 aliphatic carbocycles. The van der Waals surface area contributed by atoms with Gasteiger partial charge < -0.3 is 28.8 Å². The third kappa shape index (κ3) is 48.5. The van der Waals surface area contributed by atoms with Crippen LogP contribution in [0.15, 0.2) is 0 Å². The second kappa shape index (κ2) is 9.73. The zero-order valence-electron chi connectivity index (χ0n) is 2.88. The first kappa shape index (κ1) is 15.6. The van der Waals surface area contributed by atoms with Gasteiger partial charge in [0.25, 0.3) is 0 Å². The van der Waals surface area contributed by atoms with Gasteiger partial charge in [-0.15, -0.1) is 0 Å². The Morgan fingerprint density at radius 2 is 1.00 bits per heavy atom. The third-order valence-electron chi connectivity index (χ3n) is 0. The summed E-state index contributed by atoms with van der Waals surface area (Å²) in [4.78, 5) is 25.4. The van der Waals surface area contributed by atoms with Crippen LogP contribution in [0.4, 0.5) is 0 Å². The topological polar surface area (TPSA) is 101 Å². The molecule has 4 nitrogen and oxygen atoms in total. The molecule has 0 aromatic heterocycles. The molecule has 0 fully saturated rings. The van der Waals surface area contributed by atoms with Gasteiger partial charge in [-0.2, -0.15) is 0 Å². The molecule has 0 spiro atoms. The molecule has 0 radical (unpaired) electrons. The minimum Gasteiger partial charge on any atom is -0.854 e. The van der Waals surface area contributed by atoms with Gasteiger partial charge in [0, 0.05) is 0 Å². The second-order valence-corrected chi connectivity index (χ2v) is 0.671. The molecule has 0 aromatic carbocycles. The van der Waals surface area contributed by atoms with E-state index in [9.17, 15) is 0 Å². The van der Waals surface area contributed by atoms with Gasteiger partial charge in [0.05, 0.1) is 0 Å². The van der Waals surface area contributed by atoms with Gasteiger partial charge in [-0.05, 0) is 0 Å². The van der Waals surface area contributed by atoms with E-state index in [2.05, 4.69) is 0 Å². The summed E-state index contributed by atoms with van der Waals surface area (Å²) in [6, 6.07) is 0. The minimum atomic E-state index is -3.37. The molecular weight excluding hydrogens is 135 g/mol. The molecular formula is H2CaO4P-. The maximum absolute atomic E-state index is 8.48. The molecule has 0 atom stereocenters. The summed E-state index contributed by atoms with van der Waals surface area (Å²) in [7, 11) is -3.37. The first-order valence-electron chi connectivity index (χ1n) is 0.548. The van der Waals surface area contributed by atoms with E-state index in [1.807, 2.05) is 0 Å². The Morgan fingerprint density at radius 3 is 1.00 bits per heavy atom. The molecule has 0 saturated carbocycles. The Bertz CT molecular complexity index is 12.3. The Kier molecular flexibility index (Phi) is 25.4. The first-order valence-corrected chi connectivity index (χ1v) is 1.64. The molecule has 6 heteroatoms. The summed E-state index contributed by atoms with van der Waals surface area (Å²) < 4.78 is 0. The second-order valence-electron chi connectivity index (χ2n) is 0.224. The van der Waals surface area contributed by atoms with Crippen LogP contribution >= 0.6 is 8.60 Å². The molecule has 0 aliphatic heterocycles. The van der Waals surface area contributed by atoms with Crippen molar-refractivity contribution in [1.82, 2.24) is 0 Å². The van der Waals surface area contributed by atoms with Gasteiger partial charge in [-0.25, -0.2) is 0 Å². The molecule has 0 amide bonds. The molecule has 0 saturated heterocycles. The summed E-state index contributed by atoms with van der Waals surface area (Å²) in [6.07, 6.45) is 0. The zero-order valence-corrected chi connectivity index (χ0v) is 5.98. The van der Waals surface area contributed by atoms with Crippen molar-refractivity contribution in [3.63, 3.8) is 0 Å². The fourth-order valence-corrected chi connectivity index (χ4v) is 0. The van der Waals surface area contributed by atoms with Gasteiger partial charge >= 0.3 is 37.7 Å². The van der Waals surface area contributed by atoms with Crippen molar-refractivity contribution in [2.45, 2.75) is 0 Å². The SMILES string of the molecule is O.[Ca+2].[O-]P([O-])[O-]. The molecule has 0 unspecified atom stereocenters. The van der Waals surface area contributed by atoms with E-state index < -0.39 is 8.60 Å². The van der Waals surface area contributed by atoms with Crippen molar-refractivity contribution in [1.29, 1.82) is 0 Å². The quantitative estimate of drug-likeness (QED) is 0.252. The summed E-state index contributed by atoms with van der Waals surface area (Å²) in [6.45, 7) is 0. The molecule has 34 valence electrons. The fourth-order valence-electron chi connectivity index (χ4n) is 0. The van der Waals surface area contributed by atoms with Crippen LogP contribution in [0.2, 0.25) is 0 Å². The Hall–Kier alpha value is 1.53. The minimum absolute atomic E-state index is 0. The summed E-state index contributed by atoms with van der Waals surface area (Å²) in [5.41, 5.74) is 0. The van der Waals surface area contributed by atoms with Crippen molar-refractivity contribution < 1.29 is 20.2 Å². The summed E-state index contributed by atoms with van der Waals surface area (Å²) >= 11 is 0. The van der Waals surface area contributed by atoms with Gasteiger partial charge in [0.1, 0.15) is 0 Å². The fraction of sp³-hybridized carbons (Fsp3) is 0. The van der Waals surface area contributed by atoms with Gasteiger partial charge in [-0.3, -0.25) is 0 Å². The monoisotopic (exact) mass is 137 g/mol. The number of hydrogen-bond acceptors (Lipinski definition) is 3. The Balaban J connectivity index is -0.0000000450. The first-order chi connectivity index (χ1) is 1.73. The Labute approximate surface area is 66.1 Å². The normalized spacial score (nSPS) is 6.00. The standard InChI is InChI=1S/Ca.O3P.H2O/c;1-4(2)3;/h;;1H2/q+2;-3;. The summed E-state index contributed by atoms with van der Waals surface area (Å²) in [5, 5.41) is 0. The number of hydrogen-bond donors (Lipinski definition) is 0. The largest absolute Gasteiger partial charge is 2.00 e. The van der Waals surface area contributed by atoms with Crippen LogP contribution < -0.4 is 14.7 Å². The molecule has 0 aliphatic rings. The van der Waals surface area contributed by atoms with Crippen molar-refractivity contribution in [3.05, 3.63) is 0 Å². The summed E-state index contributed by atoms with van der Waals surface area (Å²) in [5.74, 6) is 0. The van der Waals surface area contributed by atoms with E-state index in [1.54, 1.807) is 0 Å².